The molecular formula is C19H24N2O. The summed E-state index contributed by atoms with van der Waals surface area (Å²) < 4.78 is 5.97. The van der Waals surface area contributed by atoms with Gasteiger partial charge >= 0.3 is 0 Å². The van der Waals surface area contributed by atoms with Crippen molar-refractivity contribution in [3.63, 3.8) is 0 Å². The normalized spacial score (nSPS) is 36.9. The maximum Gasteiger partial charge on any atom is 0.0971 e. The van der Waals surface area contributed by atoms with Gasteiger partial charge in [-0.05, 0) is 30.4 Å². The fraction of sp³-hybridized carbons (Fsp3) is 0.579. The molecule has 0 aliphatic carbocycles. The Kier molecular flexibility index (Phi) is 2.89. The summed E-state index contributed by atoms with van der Waals surface area (Å²) in [5.74, 6) is 1.46. The Hall–Kier alpha value is -1.32. The SMILES string of the molecule is CCC1Cc2[nH]c3ccccc3c2CCN2CC3OC3C1C2. The van der Waals surface area contributed by atoms with Gasteiger partial charge in [0, 0.05) is 42.1 Å². The Morgan fingerprint density at radius 1 is 1.27 bits per heavy atom. The standard InChI is InChI=1S/C19H24N2O/c1-2-12-9-17-14(13-5-3-4-6-16(13)20-17)7-8-21-10-15(12)19-18(11-21)22-19/h3-6,12,15,18-20H,2,7-11H2,1H3. The second-order valence-electron chi connectivity index (χ2n) is 7.31. The quantitative estimate of drug-likeness (QED) is 0.820. The molecule has 2 aromatic rings. The van der Waals surface area contributed by atoms with Gasteiger partial charge in [-0.1, -0.05) is 31.5 Å². The lowest BCUT2D eigenvalue weighted by Crippen LogP contribution is -2.43. The molecule has 1 aromatic carbocycles. The Balaban J connectivity index is 1.59. The average molecular weight is 296 g/mol. The summed E-state index contributed by atoms with van der Waals surface area (Å²) in [5.41, 5.74) is 4.36. The van der Waals surface area contributed by atoms with Crippen LogP contribution in [0.25, 0.3) is 10.9 Å². The smallest absolute Gasteiger partial charge is 0.0971 e. The number of piperidine rings is 1. The van der Waals surface area contributed by atoms with Crippen molar-refractivity contribution < 1.29 is 4.74 Å². The van der Waals surface area contributed by atoms with Crippen LogP contribution in [0.2, 0.25) is 0 Å². The number of hydrogen-bond acceptors (Lipinski definition) is 2. The fourth-order valence-corrected chi connectivity index (χ4v) is 4.86. The number of epoxide rings is 1. The van der Waals surface area contributed by atoms with Gasteiger partial charge in [-0.2, -0.15) is 0 Å². The number of benzene rings is 1. The number of aromatic nitrogens is 1. The molecule has 2 fully saturated rings. The molecule has 0 spiro atoms. The predicted molar refractivity (Wildman–Crippen MR) is 88.1 cm³/mol. The molecule has 3 aliphatic heterocycles. The average Bonchev–Trinajstić information content (AvgIpc) is 3.22. The molecule has 22 heavy (non-hydrogen) atoms. The largest absolute Gasteiger partial charge is 0.368 e. The van der Waals surface area contributed by atoms with Crippen molar-refractivity contribution in [1.29, 1.82) is 0 Å². The highest BCUT2D eigenvalue weighted by molar-refractivity contribution is 5.84. The van der Waals surface area contributed by atoms with E-state index < -0.39 is 0 Å². The van der Waals surface area contributed by atoms with E-state index in [1.165, 1.54) is 48.9 Å². The molecule has 5 rings (SSSR count). The van der Waals surface area contributed by atoms with E-state index in [-0.39, 0.29) is 0 Å². The van der Waals surface area contributed by atoms with Crippen molar-refractivity contribution >= 4 is 10.9 Å². The second kappa shape index (κ2) is 4.84. The number of nitrogens with zero attached hydrogens (tertiary/aromatic N) is 1. The third kappa shape index (κ3) is 1.95. The zero-order chi connectivity index (χ0) is 14.7. The van der Waals surface area contributed by atoms with E-state index in [1.807, 2.05) is 0 Å². The number of fused-ring (bicyclic) bond motifs is 7. The molecule has 3 heteroatoms. The first-order valence-electron chi connectivity index (χ1n) is 8.79. The number of ether oxygens (including phenoxy) is 1. The number of hydrogen-bond donors (Lipinski definition) is 1. The number of H-pyrrole nitrogens is 1. The summed E-state index contributed by atoms with van der Waals surface area (Å²) in [4.78, 5) is 6.38. The van der Waals surface area contributed by atoms with Crippen LogP contribution in [0.15, 0.2) is 24.3 Å². The predicted octanol–water partition coefficient (Wildman–Crippen LogP) is 2.99. The third-order valence-corrected chi connectivity index (χ3v) is 6.13. The van der Waals surface area contributed by atoms with Crippen LogP contribution in [0.1, 0.15) is 24.6 Å². The van der Waals surface area contributed by atoms with Crippen molar-refractivity contribution in [1.82, 2.24) is 9.88 Å². The third-order valence-electron chi connectivity index (χ3n) is 6.13. The molecule has 0 radical (unpaired) electrons. The molecule has 0 amide bonds. The molecule has 5 unspecified atom stereocenters. The van der Waals surface area contributed by atoms with Gasteiger partial charge in [0.1, 0.15) is 0 Å². The van der Waals surface area contributed by atoms with E-state index in [9.17, 15) is 0 Å². The van der Waals surface area contributed by atoms with E-state index in [2.05, 4.69) is 41.1 Å². The minimum Gasteiger partial charge on any atom is -0.368 e. The zero-order valence-electron chi connectivity index (χ0n) is 13.2. The van der Waals surface area contributed by atoms with E-state index in [4.69, 9.17) is 4.74 Å². The number of nitrogens with one attached hydrogen (secondary N) is 1. The minimum absolute atomic E-state index is 0.529. The maximum atomic E-state index is 5.97. The molecule has 2 saturated heterocycles. The molecule has 1 N–H and O–H groups in total. The summed E-state index contributed by atoms with van der Waals surface area (Å²) in [6.45, 7) is 5.91. The molecule has 2 bridgehead atoms. The molecule has 3 nitrogen and oxygen atoms in total. The number of para-hydroxylation sites is 1. The van der Waals surface area contributed by atoms with Gasteiger partial charge in [0.25, 0.3) is 0 Å². The lowest BCUT2D eigenvalue weighted by atomic mass is 9.81. The molecule has 5 atom stereocenters. The van der Waals surface area contributed by atoms with Gasteiger partial charge in [-0.25, -0.2) is 0 Å². The Morgan fingerprint density at radius 3 is 3.09 bits per heavy atom. The number of aromatic amines is 1. The second-order valence-corrected chi connectivity index (χ2v) is 7.31. The van der Waals surface area contributed by atoms with Crippen LogP contribution in [-0.2, 0) is 17.6 Å². The molecule has 116 valence electrons. The van der Waals surface area contributed by atoms with Gasteiger partial charge in [0.2, 0.25) is 0 Å². The topological polar surface area (TPSA) is 31.6 Å². The summed E-state index contributed by atoms with van der Waals surface area (Å²) in [6, 6.07) is 8.81. The van der Waals surface area contributed by atoms with E-state index in [0.717, 1.165) is 18.4 Å². The van der Waals surface area contributed by atoms with Crippen LogP contribution in [-0.4, -0.2) is 41.7 Å². The van der Waals surface area contributed by atoms with Crippen LogP contribution in [0.5, 0.6) is 0 Å². The summed E-state index contributed by atoms with van der Waals surface area (Å²) >= 11 is 0. The van der Waals surface area contributed by atoms with E-state index in [0.29, 0.717) is 12.2 Å². The first-order chi connectivity index (χ1) is 10.8. The lowest BCUT2D eigenvalue weighted by Gasteiger charge is -2.33. The number of rotatable bonds is 1. The summed E-state index contributed by atoms with van der Waals surface area (Å²) in [5, 5.41) is 1.44. The van der Waals surface area contributed by atoms with E-state index in [1.54, 1.807) is 5.56 Å². The highest BCUT2D eigenvalue weighted by atomic mass is 16.6. The first-order valence-corrected chi connectivity index (χ1v) is 8.79. The summed E-state index contributed by atoms with van der Waals surface area (Å²) in [6.07, 6.45) is 4.68. The van der Waals surface area contributed by atoms with Crippen LogP contribution < -0.4 is 0 Å². The first kappa shape index (κ1) is 13.1. The molecular weight excluding hydrogens is 272 g/mol. The minimum atomic E-state index is 0.529. The Bertz CT molecular complexity index is 707. The highest BCUT2D eigenvalue weighted by Gasteiger charge is 2.52. The van der Waals surface area contributed by atoms with Gasteiger partial charge in [-0.3, -0.25) is 4.90 Å². The van der Waals surface area contributed by atoms with Crippen LogP contribution in [0, 0.1) is 11.8 Å². The van der Waals surface area contributed by atoms with Crippen molar-refractivity contribution in [3.05, 3.63) is 35.5 Å². The highest BCUT2D eigenvalue weighted by Crippen LogP contribution is 2.42. The molecule has 4 heterocycles. The van der Waals surface area contributed by atoms with Crippen LogP contribution in [0.4, 0.5) is 0 Å². The Labute approximate surface area is 131 Å². The van der Waals surface area contributed by atoms with Crippen molar-refractivity contribution in [2.45, 2.75) is 38.4 Å². The van der Waals surface area contributed by atoms with Crippen molar-refractivity contribution in [2.75, 3.05) is 19.6 Å². The van der Waals surface area contributed by atoms with Gasteiger partial charge in [0.05, 0.1) is 12.2 Å². The van der Waals surface area contributed by atoms with Crippen molar-refractivity contribution in [3.8, 4) is 0 Å². The zero-order valence-corrected chi connectivity index (χ0v) is 13.2. The van der Waals surface area contributed by atoms with Gasteiger partial charge in [-0.15, -0.1) is 0 Å². The monoisotopic (exact) mass is 296 g/mol. The van der Waals surface area contributed by atoms with Gasteiger partial charge < -0.3 is 9.72 Å². The van der Waals surface area contributed by atoms with E-state index >= 15 is 0 Å². The molecule has 0 saturated carbocycles. The van der Waals surface area contributed by atoms with Gasteiger partial charge in [0.15, 0.2) is 0 Å². The van der Waals surface area contributed by atoms with Crippen molar-refractivity contribution in [2.24, 2.45) is 11.8 Å². The molecule has 3 aliphatic rings. The molecule has 1 aromatic heterocycles. The lowest BCUT2D eigenvalue weighted by molar-refractivity contribution is 0.156. The van der Waals surface area contributed by atoms with Crippen LogP contribution >= 0.6 is 0 Å². The summed E-state index contributed by atoms with van der Waals surface area (Å²) in [7, 11) is 0. The Morgan fingerprint density at radius 2 is 2.18 bits per heavy atom. The van der Waals surface area contributed by atoms with Crippen LogP contribution in [0.3, 0.4) is 0 Å². The maximum absolute atomic E-state index is 5.97. The fourth-order valence-electron chi connectivity index (χ4n) is 4.86.